The summed E-state index contributed by atoms with van der Waals surface area (Å²) in [6, 6.07) is 0.398. The Morgan fingerprint density at radius 2 is 2.11 bits per heavy atom. The van der Waals surface area contributed by atoms with E-state index in [1.54, 1.807) is 0 Å². The normalized spacial score (nSPS) is 13.9. The van der Waals surface area contributed by atoms with Crippen LogP contribution in [0.2, 0.25) is 0 Å². The van der Waals surface area contributed by atoms with Crippen molar-refractivity contribution >= 4 is 17.7 Å². The van der Waals surface area contributed by atoms with Crippen LogP contribution >= 0.6 is 0 Å². The van der Waals surface area contributed by atoms with E-state index in [0.717, 1.165) is 12.8 Å². The van der Waals surface area contributed by atoms with Gasteiger partial charge >= 0.3 is 5.97 Å². The Bertz CT molecular complexity index is 457. The van der Waals surface area contributed by atoms with Gasteiger partial charge in [-0.3, -0.25) is 4.79 Å². The lowest BCUT2D eigenvalue weighted by molar-refractivity contribution is -0.121. The number of rotatable bonds is 7. The highest BCUT2D eigenvalue weighted by Crippen LogP contribution is 2.18. The molecule has 0 radical (unpaired) electrons. The number of carboxylic acids is 1. The summed E-state index contributed by atoms with van der Waals surface area (Å²) in [6.07, 6.45) is 5.92. The monoisotopic (exact) mass is 264 g/mol. The zero-order valence-electron chi connectivity index (χ0n) is 10.4. The molecule has 2 rings (SSSR count). The molecular weight excluding hydrogens is 248 g/mol. The Morgan fingerprint density at radius 1 is 1.32 bits per heavy atom. The highest BCUT2D eigenvalue weighted by molar-refractivity contribution is 5.84. The lowest BCUT2D eigenvalue weighted by Gasteiger charge is -2.05. The molecule has 1 aliphatic carbocycles. The van der Waals surface area contributed by atoms with Gasteiger partial charge in [-0.2, -0.15) is 0 Å². The van der Waals surface area contributed by atoms with Crippen molar-refractivity contribution in [1.29, 1.82) is 0 Å². The van der Waals surface area contributed by atoms with Gasteiger partial charge in [-0.25, -0.2) is 14.8 Å². The summed E-state index contributed by atoms with van der Waals surface area (Å²) in [5.41, 5.74) is -0.0886. The number of carbonyl (C=O) groups excluding carboxylic acids is 1. The first-order valence-corrected chi connectivity index (χ1v) is 6.24. The van der Waals surface area contributed by atoms with Crippen LogP contribution in [0.25, 0.3) is 0 Å². The summed E-state index contributed by atoms with van der Waals surface area (Å²) >= 11 is 0. The molecule has 0 unspecified atom stereocenters. The minimum absolute atomic E-state index is 0.0802. The smallest absolute Gasteiger partial charge is 0.356 e. The SMILES string of the molecule is O=C(CCCNc1cnc(C(=O)O)cn1)NC1CC1. The zero-order chi connectivity index (χ0) is 13.7. The van der Waals surface area contributed by atoms with Gasteiger partial charge in [-0.05, 0) is 19.3 Å². The molecule has 7 heteroatoms. The minimum atomic E-state index is -1.10. The molecule has 1 aromatic heterocycles. The van der Waals surface area contributed by atoms with Crippen LogP contribution in [0.1, 0.15) is 36.2 Å². The van der Waals surface area contributed by atoms with E-state index in [-0.39, 0.29) is 11.6 Å². The molecule has 1 heterocycles. The van der Waals surface area contributed by atoms with Gasteiger partial charge < -0.3 is 15.7 Å². The maximum Gasteiger partial charge on any atom is 0.356 e. The zero-order valence-corrected chi connectivity index (χ0v) is 10.4. The molecule has 0 bridgehead atoms. The second kappa shape index (κ2) is 6.12. The predicted octanol–water partition coefficient (Wildman–Crippen LogP) is 0.645. The minimum Gasteiger partial charge on any atom is -0.476 e. The van der Waals surface area contributed by atoms with Crippen LogP contribution < -0.4 is 10.6 Å². The Hall–Kier alpha value is -2.18. The Kier molecular flexibility index (Phi) is 4.27. The van der Waals surface area contributed by atoms with Crippen molar-refractivity contribution < 1.29 is 14.7 Å². The molecular formula is C12H16N4O3. The Labute approximate surface area is 110 Å². The molecule has 0 aromatic carbocycles. The second-order valence-corrected chi connectivity index (χ2v) is 4.46. The first kappa shape index (κ1) is 13.3. The average molecular weight is 264 g/mol. The van der Waals surface area contributed by atoms with Gasteiger partial charge in [0.2, 0.25) is 5.91 Å². The van der Waals surface area contributed by atoms with E-state index < -0.39 is 5.97 Å². The molecule has 0 saturated heterocycles. The number of aromatic nitrogens is 2. The maximum atomic E-state index is 11.4. The molecule has 1 saturated carbocycles. The van der Waals surface area contributed by atoms with Crippen LogP contribution in [0.15, 0.2) is 12.4 Å². The van der Waals surface area contributed by atoms with Gasteiger partial charge in [0.15, 0.2) is 5.69 Å². The molecule has 1 fully saturated rings. The molecule has 19 heavy (non-hydrogen) atoms. The van der Waals surface area contributed by atoms with Crippen molar-refractivity contribution in [2.75, 3.05) is 11.9 Å². The molecule has 0 atom stereocenters. The van der Waals surface area contributed by atoms with Crippen LogP contribution in [0.5, 0.6) is 0 Å². The van der Waals surface area contributed by atoms with Gasteiger partial charge in [0.25, 0.3) is 0 Å². The molecule has 0 spiro atoms. The van der Waals surface area contributed by atoms with Gasteiger partial charge in [0.1, 0.15) is 5.82 Å². The quantitative estimate of drug-likeness (QED) is 0.624. The number of carbonyl (C=O) groups is 2. The second-order valence-electron chi connectivity index (χ2n) is 4.46. The van der Waals surface area contributed by atoms with Crippen molar-refractivity contribution in [2.24, 2.45) is 0 Å². The van der Waals surface area contributed by atoms with Gasteiger partial charge in [-0.1, -0.05) is 0 Å². The average Bonchev–Trinajstić information content (AvgIpc) is 3.19. The summed E-state index contributed by atoms with van der Waals surface area (Å²) in [6.45, 7) is 0.596. The number of aromatic carboxylic acids is 1. The third-order valence-corrected chi connectivity index (χ3v) is 2.70. The number of anilines is 1. The fraction of sp³-hybridized carbons (Fsp3) is 0.500. The van der Waals surface area contributed by atoms with Crippen molar-refractivity contribution in [3.8, 4) is 0 Å². The molecule has 1 aromatic rings. The van der Waals surface area contributed by atoms with E-state index in [2.05, 4.69) is 20.6 Å². The number of amides is 1. The lowest BCUT2D eigenvalue weighted by Crippen LogP contribution is -2.25. The molecule has 3 N–H and O–H groups in total. The largest absolute Gasteiger partial charge is 0.476 e. The fourth-order valence-electron chi connectivity index (χ4n) is 1.52. The van der Waals surface area contributed by atoms with Crippen LogP contribution in [0.4, 0.5) is 5.82 Å². The topological polar surface area (TPSA) is 104 Å². The predicted molar refractivity (Wildman–Crippen MR) is 67.9 cm³/mol. The van der Waals surface area contributed by atoms with Crippen molar-refractivity contribution in [2.45, 2.75) is 31.7 Å². The van der Waals surface area contributed by atoms with E-state index in [4.69, 9.17) is 5.11 Å². The number of hydrogen-bond acceptors (Lipinski definition) is 5. The van der Waals surface area contributed by atoms with Crippen LogP contribution in [0, 0.1) is 0 Å². The van der Waals surface area contributed by atoms with Crippen LogP contribution in [0.3, 0.4) is 0 Å². The third-order valence-electron chi connectivity index (χ3n) is 2.70. The summed E-state index contributed by atoms with van der Waals surface area (Å²) in [4.78, 5) is 29.6. The number of carboxylic acid groups (broad SMARTS) is 1. The highest BCUT2D eigenvalue weighted by atomic mass is 16.4. The Morgan fingerprint density at radius 3 is 2.68 bits per heavy atom. The molecule has 7 nitrogen and oxygen atoms in total. The van der Waals surface area contributed by atoms with E-state index in [9.17, 15) is 9.59 Å². The van der Waals surface area contributed by atoms with Crippen LogP contribution in [-0.4, -0.2) is 39.5 Å². The van der Waals surface area contributed by atoms with Crippen molar-refractivity contribution in [3.63, 3.8) is 0 Å². The number of hydrogen-bond donors (Lipinski definition) is 3. The summed E-state index contributed by atoms with van der Waals surface area (Å²) in [7, 11) is 0. The number of nitrogens with one attached hydrogen (secondary N) is 2. The summed E-state index contributed by atoms with van der Waals surface area (Å²) in [5.74, 6) is -0.514. The first-order chi connectivity index (χ1) is 9.15. The van der Waals surface area contributed by atoms with E-state index in [1.807, 2.05) is 0 Å². The fourth-order valence-corrected chi connectivity index (χ4v) is 1.52. The van der Waals surface area contributed by atoms with Crippen molar-refractivity contribution in [3.05, 3.63) is 18.1 Å². The lowest BCUT2D eigenvalue weighted by atomic mass is 10.3. The molecule has 102 valence electrons. The maximum absolute atomic E-state index is 11.4. The summed E-state index contributed by atoms with van der Waals surface area (Å²) in [5, 5.41) is 14.6. The molecule has 1 amide bonds. The molecule has 0 aliphatic heterocycles. The highest BCUT2D eigenvalue weighted by Gasteiger charge is 2.22. The number of nitrogens with zero attached hydrogens (tertiary/aromatic N) is 2. The van der Waals surface area contributed by atoms with Crippen LogP contribution in [-0.2, 0) is 4.79 Å². The van der Waals surface area contributed by atoms with E-state index >= 15 is 0 Å². The summed E-state index contributed by atoms with van der Waals surface area (Å²) < 4.78 is 0. The van der Waals surface area contributed by atoms with Gasteiger partial charge in [-0.15, -0.1) is 0 Å². The first-order valence-electron chi connectivity index (χ1n) is 6.24. The van der Waals surface area contributed by atoms with E-state index in [1.165, 1.54) is 12.4 Å². The third kappa shape index (κ3) is 4.53. The van der Waals surface area contributed by atoms with Gasteiger partial charge in [0, 0.05) is 19.0 Å². The Balaban J connectivity index is 1.64. The standard InChI is InChI=1S/C12H16N4O3/c17-11(16-8-3-4-8)2-1-5-13-10-7-14-9(6-15-10)12(18)19/h6-8H,1-5H2,(H,13,15)(H,16,17)(H,18,19). The van der Waals surface area contributed by atoms with E-state index in [0.29, 0.717) is 31.2 Å². The van der Waals surface area contributed by atoms with Gasteiger partial charge in [0.05, 0.1) is 12.4 Å². The van der Waals surface area contributed by atoms with Crippen molar-refractivity contribution in [1.82, 2.24) is 15.3 Å². The molecule has 1 aliphatic rings.